The molecule has 4 rings (SSSR count). The fourth-order valence-corrected chi connectivity index (χ4v) is 6.34. The Hall–Kier alpha value is -2.44. The number of fused-ring (bicyclic) bond motifs is 1. The maximum Gasteiger partial charge on any atom is 0.322 e. The van der Waals surface area contributed by atoms with Crippen LogP contribution in [0.2, 0.25) is 0 Å². The SMILES string of the molecule is CSc1cc(C)nc(SC)c1N(Cc1c(C)cc(C)cc1C)C(=O)NC1Cc2ccccc2C1. The lowest BCUT2D eigenvalue weighted by molar-refractivity contribution is 0.242. The van der Waals surface area contributed by atoms with E-state index >= 15 is 0 Å². The molecule has 0 unspecified atom stereocenters. The van der Waals surface area contributed by atoms with E-state index in [1.54, 1.807) is 23.5 Å². The predicted octanol–water partition coefficient (Wildman–Crippen LogP) is 6.64. The van der Waals surface area contributed by atoms with Gasteiger partial charge in [0.15, 0.2) is 0 Å². The first-order valence-corrected chi connectivity index (χ1v) is 14.1. The average Bonchev–Trinajstić information content (AvgIpc) is 3.20. The zero-order valence-corrected chi connectivity index (χ0v) is 22.5. The molecule has 1 heterocycles. The molecular weight excluding hydrogens is 458 g/mol. The van der Waals surface area contributed by atoms with Gasteiger partial charge in [-0.1, -0.05) is 42.0 Å². The van der Waals surface area contributed by atoms with E-state index in [0.29, 0.717) is 6.54 Å². The van der Waals surface area contributed by atoms with E-state index in [1.807, 2.05) is 18.1 Å². The van der Waals surface area contributed by atoms with E-state index in [-0.39, 0.29) is 12.1 Å². The van der Waals surface area contributed by atoms with Crippen molar-refractivity contribution in [1.29, 1.82) is 0 Å². The molecule has 0 fully saturated rings. The van der Waals surface area contributed by atoms with Crippen molar-refractivity contribution in [2.75, 3.05) is 17.4 Å². The van der Waals surface area contributed by atoms with Crippen molar-refractivity contribution in [3.8, 4) is 0 Å². The fourth-order valence-electron chi connectivity index (χ4n) is 4.94. The molecule has 1 aliphatic rings. The van der Waals surface area contributed by atoms with E-state index < -0.39 is 0 Å². The third-order valence-electron chi connectivity index (χ3n) is 6.52. The average molecular weight is 492 g/mol. The molecule has 1 aliphatic carbocycles. The standard InChI is InChI=1S/C28H33N3OS2/c1-17-11-18(2)24(19(3)12-17)16-31(26-25(33-5)13-20(4)29-27(26)34-6)28(32)30-23-14-21-9-7-8-10-22(21)15-23/h7-13,23H,14-16H2,1-6H3,(H,30,32). The van der Waals surface area contributed by atoms with E-state index in [4.69, 9.17) is 4.98 Å². The summed E-state index contributed by atoms with van der Waals surface area (Å²) < 4.78 is 0. The Kier molecular flexibility index (Phi) is 7.58. The summed E-state index contributed by atoms with van der Waals surface area (Å²) in [5.74, 6) is 0. The normalized spacial score (nSPS) is 13.1. The molecule has 0 saturated carbocycles. The van der Waals surface area contributed by atoms with Crippen LogP contribution in [0.25, 0.3) is 0 Å². The second-order valence-electron chi connectivity index (χ2n) is 9.11. The summed E-state index contributed by atoms with van der Waals surface area (Å²) in [5.41, 5.74) is 9.37. The molecule has 0 bridgehead atoms. The zero-order chi connectivity index (χ0) is 24.4. The lowest BCUT2D eigenvalue weighted by Gasteiger charge is -2.29. The summed E-state index contributed by atoms with van der Waals surface area (Å²) in [7, 11) is 0. The van der Waals surface area contributed by atoms with Gasteiger partial charge in [0.2, 0.25) is 0 Å². The van der Waals surface area contributed by atoms with Crippen molar-refractivity contribution in [3.63, 3.8) is 0 Å². The number of amides is 2. The molecule has 0 radical (unpaired) electrons. The molecule has 0 aliphatic heterocycles. The van der Waals surface area contributed by atoms with E-state index in [1.165, 1.54) is 33.4 Å². The van der Waals surface area contributed by atoms with Crippen molar-refractivity contribution in [3.05, 3.63) is 81.5 Å². The highest BCUT2D eigenvalue weighted by molar-refractivity contribution is 7.99. The maximum atomic E-state index is 13.9. The highest BCUT2D eigenvalue weighted by atomic mass is 32.2. The minimum Gasteiger partial charge on any atom is -0.334 e. The Morgan fingerprint density at radius 3 is 2.18 bits per heavy atom. The summed E-state index contributed by atoms with van der Waals surface area (Å²) in [6, 6.07) is 15.0. The van der Waals surface area contributed by atoms with Crippen molar-refractivity contribution in [1.82, 2.24) is 10.3 Å². The van der Waals surface area contributed by atoms with Crippen molar-refractivity contribution in [2.24, 2.45) is 0 Å². The lowest BCUT2D eigenvalue weighted by atomic mass is 9.99. The van der Waals surface area contributed by atoms with E-state index in [0.717, 1.165) is 34.1 Å². The smallest absolute Gasteiger partial charge is 0.322 e. The number of aromatic nitrogens is 1. The Labute approximate surface area is 211 Å². The molecule has 0 atom stereocenters. The molecule has 4 nitrogen and oxygen atoms in total. The molecule has 3 aromatic rings. The summed E-state index contributed by atoms with van der Waals surface area (Å²) >= 11 is 3.26. The number of aryl methyl sites for hydroxylation is 4. The number of hydrogen-bond donors (Lipinski definition) is 1. The number of carbonyl (C=O) groups is 1. The van der Waals surface area contributed by atoms with E-state index in [9.17, 15) is 4.79 Å². The van der Waals surface area contributed by atoms with Gasteiger partial charge in [0.1, 0.15) is 5.03 Å². The highest BCUT2D eigenvalue weighted by Gasteiger charge is 2.29. The molecular formula is C28H33N3OS2. The summed E-state index contributed by atoms with van der Waals surface area (Å²) in [4.78, 5) is 21.7. The number of carbonyl (C=O) groups excluding carboxylic acids is 1. The number of urea groups is 1. The Balaban J connectivity index is 1.73. The number of benzene rings is 2. The molecule has 178 valence electrons. The lowest BCUT2D eigenvalue weighted by Crippen LogP contribution is -2.45. The highest BCUT2D eigenvalue weighted by Crippen LogP contribution is 2.38. The van der Waals surface area contributed by atoms with Gasteiger partial charge in [-0.2, -0.15) is 0 Å². The fraction of sp³-hybridized carbons (Fsp3) is 0.357. The Bertz CT molecular complexity index is 1150. The van der Waals surface area contributed by atoms with Crippen LogP contribution in [0.5, 0.6) is 0 Å². The Morgan fingerprint density at radius 2 is 1.62 bits per heavy atom. The molecule has 6 heteroatoms. The quantitative estimate of drug-likeness (QED) is 0.393. The van der Waals surface area contributed by atoms with Crippen LogP contribution < -0.4 is 10.2 Å². The summed E-state index contributed by atoms with van der Waals surface area (Å²) in [5, 5.41) is 4.24. The van der Waals surface area contributed by atoms with Crippen LogP contribution in [0.15, 0.2) is 52.4 Å². The van der Waals surface area contributed by atoms with E-state index in [2.05, 4.69) is 74.8 Å². The topological polar surface area (TPSA) is 45.2 Å². The van der Waals surface area contributed by atoms with Gasteiger partial charge in [0.05, 0.1) is 12.2 Å². The third kappa shape index (κ3) is 5.13. The minimum atomic E-state index is -0.0616. The summed E-state index contributed by atoms with van der Waals surface area (Å²) in [6.07, 6.45) is 5.83. The van der Waals surface area contributed by atoms with Gasteiger partial charge in [0, 0.05) is 16.6 Å². The number of nitrogens with zero attached hydrogens (tertiary/aromatic N) is 2. The third-order valence-corrected chi connectivity index (χ3v) is 7.94. The summed E-state index contributed by atoms with van der Waals surface area (Å²) in [6.45, 7) is 8.91. The van der Waals surface area contributed by atoms with Gasteiger partial charge >= 0.3 is 6.03 Å². The van der Waals surface area contributed by atoms with Crippen LogP contribution >= 0.6 is 23.5 Å². The van der Waals surface area contributed by atoms with Crippen molar-refractivity contribution >= 4 is 35.2 Å². The monoisotopic (exact) mass is 491 g/mol. The first kappa shape index (κ1) is 24.7. The molecule has 1 N–H and O–H groups in total. The first-order chi connectivity index (χ1) is 16.3. The van der Waals surface area contributed by atoms with Gasteiger partial charge < -0.3 is 5.32 Å². The Morgan fingerprint density at radius 1 is 1.00 bits per heavy atom. The molecule has 34 heavy (non-hydrogen) atoms. The van der Waals surface area contributed by atoms with Crippen LogP contribution in [0.4, 0.5) is 10.5 Å². The number of nitrogens with one attached hydrogen (secondary N) is 1. The molecule has 2 amide bonds. The number of pyridine rings is 1. The van der Waals surface area contributed by atoms with Crippen LogP contribution in [0.3, 0.4) is 0 Å². The molecule has 2 aromatic carbocycles. The maximum absolute atomic E-state index is 13.9. The van der Waals surface area contributed by atoms with Gasteiger partial charge in [0.25, 0.3) is 0 Å². The van der Waals surface area contributed by atoms with Crippen LogP contribution in [0.1, 0.15) is 39.1 Å². The second kappa shape index (κ2) is 10.4. The first-order valence-electron chi connectivity index (χ1n) is 11.6. The molecule has 0 spiro atoms. The van der Waals surface area contributed by atoms with Crippen LogP contribution in [-0.4, -0.2) is 29.6 Å². The van der Waals surface area contributed by atoms with Gasteiger partial charge in [-0.3, -0.25) is 4.90 Å². The molecule has 1 aromatic heterocycles. The predicted molar refractivity (Wildman–Crippen MR) is 146 cm³/mol. The van der Waals surface area contributed by atoms with Crippen molar-refractivity contribution < 1.29 is 4.79 Å². The second-order valence-corrected chi connectivity index (χ2v) is 10.8. The molecule has 0 saturated heterocycles. The van der Waals surface area contributed by atoms with Crippen molar-refractivity contribution in [2.45, 2.75) is 63.0 Å². The van der Waals surface area contributed by atoms with Gasteiger partial charge in [-0.25, -0.2) is 9.78 Å². The number of rotatable bonds is 6. The number of anilines is 1. The van der Waals surface area contributed by atoms with Gasteiger partial charge in [-0.15, -0.1) is 23.5 Å². The number of thioether (sulfide) groups is 2. The van der Waals surface area contributed by atoms with Gasteiger partial charge in [-0.05, 0) is 86.9 Å². The minimum absolute atomic E-state index is 0.0616. The van der Waals surface area contributed by atoms with Crippen LogP contribution in [-0.2, 0) is 19.4 Å². The van der Waals surface area contributed by atoms with Crippen LogP contribution in [0, 0.1) is 27.7 Å². The number of hydrogen-bond acceptors (Lipinski definition) is 4. The largest absolute Gasteiger partial charge is 0.334 e. The zero-order valence-electron chi connectivity index (χ0n) is 20.9.